The molecule has 94 valence electrons. The fourth-order valence-corrected chi connectivity index (χ4v) is 3.21. The number of aromatic nitrogens is 2. The molecule has 2 atom stereocenters. The lowest BCUT2D eigenvalue weighted by Gasteiger charge is -2.19. The van der Waals surface area contributed by atoms with Gasteiger partial charge in [0.05, 0.1) is 5.69 Å². The summed E-state index contributed by atoms with van der Waals surface area (Å²) in [6, 6.07) is 0. The number of hydrogen-bond acceptors (Lipinski definition) is 3. The summed E-state index contributed by atoms with van der Waals surface area (Å²) < 4.78 is 2.32. The van der Waals surface area contributed by atoms with Crippen molar-refractivity contribution in [2.45, 2.75) is 26.8 Å². The molecule has 2 fully saturated rings. The summed E-state index contributed by atoms with van der Waals surface area (Å²) in [4.78, 5) is 7.19. The largest absolute Gasteiger partial charge is 0.342 e. The molecule has 3 rings (SSSR count). The first-order valence-corrected chi connectivity index (χ1v) is 6.77. The van der Waals surface area contributed by atoms with Crippen LogP contribution in [0.25, 0.3) is 0 Å². The fraction of sp³-hybridized carbons (Fsp3) is 0.769. The second-order valence-corrected chi connectivity index (χ2v) is 5.46. The van der Waals surface area contributed by atoms with E-state index in [1.165, 1.54) is 38.5 Å². The van der Waals surface area contributed by atoms with Gasteiger partial charge in [-0.05, 0) is 25.2 Å². The standard InChI is InChI=1S/C13H22N4/c1-3-4-16-7-10(2)15-13(16)17-8-11-5-14-6-12(11)9-17/h7,11-12,14H,3-6,8-9H2,1-2H3. The predicted octanol–water partition coefficient (Wildman–Crippen LogP) is 1.26. The third kappa shape index (κ3) is 1.95. The van der Waals surface area contributed by atoms with Crippen molar-refractivity contribution < 1.29 is 0 Å². The summed E-state index contributed by atoms with van der Waals surface area (Å²) in [7, 11) is 0. The average Bonchev–Trinajstić information content (AvgIpc) is 2.91. The zero-order valence-corrected chi connectivity index (χ0v) is 10.8. The molecule has 0 aliphatic carbocycles. The van der Waals surface area contributed by atoms with Crippen LogP contribution in [0.4, 0.5) is 5.95 Å². The van der Waals surface area contributed by atoms with Crippen LogP contribution in [-0.2, 0) is 6.54 Å². The van der Waals surface area contributed by atoms with Gasteiger partial charge >= 0.3 is 0 Å². The summed E-state index contributed by atoms with van der Waals surface area (Å²) in [5.74, 6) is 2.86. The van der Waals surface area contributed by atoms with E-state index < -0.39 is 0 Å². The van der Waals surface area contributed by atoms with E-state index >= 15 is 0 Å². The first kappa shape index (κ1) is 11.1. The molecule has 0 saturated carbocycles. The van der Waals surface area contributed by atoms with Gasteiger partial charge in [-0.3, -0.25) is 0 Å². The molecule has 2 aliphatic heterocycles. The van der Waals surface area contributed by atoms with Crippen molar-refractivity contribution in [3.05, 3.63) is 11.9 Å². The van der Waals surface area contributed by atoms with E-state index in [4.69, 9.17) is 4.98 Å². The average molecular weight is 234 g/mol. The summed E-state index contributed by atoms with van der Waals surface area (Å²) in [6.45, 7) is 10.1. The summed E-state index contributed by atoms with van der Waals surface area (Å²) in [5, 5.41) is 3.49. The Hall–Kier alpha value is -1.03. The minimum atomic E-state index is 0.835. The highest BCUT2D eigenvalue weighted by atomic mass is 15.3. The molecule has 2 saturated heterocycles. The molecule has 2 unspecified atom stereocenters. The number of imidazole rings is 1. The molecule has 1 aromatic heterocycles. The topological polar surface area (TPSA) is 33.1 Å². The SMILES string of the molecule is CCCn1cc(C)nc1N1CC2CNCC2C1. The highest BCUT2D eigenvalue weighted by molar-refractivity contribution is 5.36. The van der Waals surface area contributed by atoms with Crippen molar-refractivity contribution in [1.82, 2.24) is 14.9 Å². The Kier molecular flexibility index (Phi) is 2.82. The van der Waals surface area contributed by atoms with E-state index in [1.807, 2.05) is 0 Å². The molecule has 4 nitrogen and oxygen atoms in total. The molecule has 0 bridgehead atoms. The van der Waals surface area contributed by atoms with Crippen molar-refractivity contribution in [2.24, 2.45) is 11.8 Å². The molecule has 0 spiro atoms. The zero-order valence-electron chi connectivity index (χ0n) is 10.8. The molecule has 0 aromatic carbocycles. The Labute approximate surface area is 103 Å². The Bertz CT molecular complexity index is 386. The van der Waals surface area contributed by atoms with Gasteiger partial charge in [-0.2, -0.15) is 0 Å². The maximum absolute atomic E-state index is 4.71. The quantitative estimate of drug-likeness (QED) is 0.854. The summed E-state index contributed by atoms with van der Waals surface area (Å²) in [6.07, 6.45) is 3.36. The zero-order chi connectivity index (χ0) is 11.8. The van der Waals surface area contributed by atoms with Gasteiger partial charge in [0, 0.05) is 38.9 Å². The normalized spacial score (nSPS) is 27.8. The molecule has 1 aromatic rings. The van der Waals surface area contributed by atoms with E-state index in [1.54, 1.807) is 0 Å². The minimum absolute atomic E-state index is 0.835. The Morgan fingerprint density at radius 2 is 2.06 bits per heavy atom. The minimum Gasteiger partial charge on any atom is -0.342 e. The Morgan fingerprint density at radius 1 is 1.35 bits per heavy atom. The number of anilines is 1. The number of nitrogens with zero attached hydrogens (tertiary/aromatic N) is 3. The van der Waals surface area contributed by atoms with Crippen LogP contribution in [0.1, 0.15) is 19.0 Å². The molecule has 0 amide bonds. The third-order valence-corrected chi connectivity index (χ3v) is 4.01. The first-order valence-electron chi connectivity index (χ1n) is 6.77. The van der Waals surface area contributed by atoms with Crippen molar-refractivity contribution in [1.29, 1.82) is 0 Å². The van der Waals surface area contributed by atoms with E-state index in [2.05, 4.69) is 34.8 Å². The van der Waals surface area contributed by atoms with Crippen molar-refractivity contribution in [3.8, 4) is 0 Å². The lowest BCUT2D eigenvalue weighted by molar-refractivity contribution is 0.533. The number of hydrogen-bond donors (Lipinski definition) is 1. The fourth-order valence-electron chi connectivity index (χ4n) is 3.21. The van der Waals surface area contributed by atoms with Crippen molar-refractivity contribution >= 4 is 5.95 Å². The number of aryl methyl sites for hydroxylation is 2. The second kappa shape index (κ2) is 4.33. The first-order chi connectivity index (χ1) is 8.28. The van der Waals surface area contributed by atoms with Crippen LogP contribution in [0.15, 0.2) is 6.20 Å². The highest BCUT2D eigenvalue weighted by Gasteiger charge is 2.37. The van der Waals surface area contributed by atoms with E-state index in [9.17, 15) is 0 Å². The van der Waals surface area contributed by atoms with Crippen LogP contribution in [0, 0.1) is 18.8 Å². The molecule has 3 heterocycles. The van der Waals surface area contributed by atoms with Crippen LogP contribution in [0.5, 0.6) is 0 Å². The Morgan fingerprint density at radius 3 is 2.71 bits per heavy atom. The van der Waals surface area contributed by atoms with E-state index in [-0.39, 0.29) is 0 Å². The monoisotopic (exact) mass is 234 g/mol. The molecule has 1 N–H and O–H groups in total. The number of rotatable bonds is 3. The summed E-state index contributed by atoms with van der Waals surface area (Å²) in [5.41, 5.74) is 1.14. The molecule has 4 heteroatoms. The van der Waals surface area contributed by atoms with E-state index in [0.29, 0.717) is 0 Å². The highest BCUT2D eigenvalue weighted by Crippen LogP contribution is 2.30. The van der Waals surface area contributed by atoms with Gasteiger partial charge < -0.3 is 14.8 Å². The number of nitrogens with one attached hydrogen (secondary N) is 1. The lowest BCUT2D eigenvalue weighted by atomic mass is 10.0. The molecular formula is C13H22N4. The number of fused-ring (bicyclic) bond motifs is 1. The summed E-state index contributed by atoms with van der Waals surface area (Å²) >= 11 is 0. The van der Waals surface area contributed by atoms with Gasteiger partial charge in [0.15, 0.2) is 0 Å². The van der Waals surface area contributed by atoms with Gasteiger partial charge in [-0.25, -0.2) is 4.98 Å². The third-order valence-electron chi connectivity index (χ3n) is 4.01. The van der Waals surface area contributed by atoms with Gasteiger partial charge in [0.2, 0.25) is 5.95 Å². The van der Waals surface area contributed by atoms with Crippen LogP contribution in [0.3, 0.4) is 0 Å². The van der Waals surface area contributed by atoms with E-state index in [0.717, 1.165) is 24.1 Å². The predicted molar refractivity (Wildman–Crippen MR) is 69.3 cm³/mol. The van der Waals surface area contributed by atoms with Crippen LogP contribution >= 0.6 is 0 Å². The molecule has 0 radical (unpaired) electrons. The van der Waals surface area contributed by atoms with Crippen LogP contribution in [0.2, 0.25) is 0 Å². The molecule has 17 heavy (non-hydrogen) atoms. The van der Waals surface area contributed by atoms with Crippen molar-refractivity contribution in [3.63, 3.8) is 0 Å². The van der Waals surface area contributed by atoms with Gasteiger partial charge in [0.25, 0.3) is 0 Å². The maximum Gasteiger partial charge on any atom is 0.205 e. The Balaban J connectivity index is 1.80. The van der Waals surface area contributed by atoms with Gasteiger partial charge in [-0.1, -0.05) is 6.92 Å². The van der Waals surface area contributed by atoms with Gasteiger partial charge in [-0.15, -0.1) is 0 Å². The van der Waals surface area contributed by atoms with Crippen LogP contribution in [-0.4, -0.2) is 35.7 Å². The lowest BCUT2D eigenvalue weighted by Crippen LogP contribution is -2.28. The maximum atomic E-state index is 4.71. The van der Waals surface area contributed by atoms with Gasteiger partial charge in [0.1, 0.15) is 0 Å². The van der Waals surface area contributed by atoms with Crippen molar-refractivity contribution in [2.75, 3.05) is 31.1 Å². The molecular weight excluding hydrogens is 212 g/mol. The smallest absolute Gasteiger partial charge is 0.205 e. The van der Waals surface area contributed by atoms with Crippen LogP contribution < -0.4 is 10.2 Å². The second-order valence-electron chi connectivity index (χ2n) is 5.46. The molecule has 2 aliphatic rings.